The van der Waals surface area contributed by atoms with Crippen LogP contribution in [0, 0.1) is 0 Å². The van der Waals surface area contributed by atoms with Gasteiger partial charge in [-0.25, -0.2) is 0 Å². The van der Waals surface area contributed by atoms with Gasteiger partial charge in [-0.05, 0) is 0 Å². The minimum absolute atomic E-state index is 0.175. The highest BCUT2D eigenvalue weighted by Gasteiger charge is 2.03. The molecule has 0 aromatic rings. The van der Waals surface area contributed by atoms with Gasteiger partial charge in [0.05, 0.1) is 6.17 Å². The van der Waals surface area contributed by atoms with Gasteiger partial charge < -0.3 is 11.1 Å². The molecule has 1 atom stereocenters. The lowest BCUT2D eigenvalue weighted by atomic mass is 10.4. The van der Waals surface area contributed by atoms with E-state index < -0.39 is 0 Å². The first kappa shape index (κ1) is 5.03. The Morgan fingerprint density at radius 2 is 2.29 bits per heavy atom. The van der Waals surface area contributed by atoms with Crippen LogP contribution in [0.2, 0.25) is 0 Å². The van der Waals surface area contributed by atoms with Crippen LogP contribution in [0.25, 0.3) is 0 Å². The largest absolute Gasteiger partial charge is 0.315 e. The summed E-state index contributed by atoms with van der Waals surface area (Å²) in [4.78, 5) is 0. The molecule has 1 fully saturated rings. The molecule has 3 nitrogen and oxygen atoms in total. The molecule has 0 radical (unpaired) electrons. The van der Waals surface area contributed by atoms with Crippen molar-refractivity contribution in [3.8, 4) is 0 Å². The highest BCUT2D eigenvalue weighted by atomic mass is 15.1. The standard InChI is InChI=1S/C4H11N3/c5-4-3-6-1-2-7-4/h4,6-7H,1-3,5H2/t4-/m1/s1. The Hall–Kier alpha value is -0.120. The summed E-state index contributed by atoms with van der Waals surface area (Å²) in [6, 6.07) is 0. The number of nitrogens with two attached hydrogens (primary N) is 1. The van der Waals surface area contributed by atoms with Crippen molar-refractivity contribution >= 4 is 0 Å². The smallest absolute Gasteiger partial charge is 0.0675 e. The molecule has 0 saturated carbocycles. The van der Waals surface area contributed by atoms with Crippen molar-refractivity contribution in [2.24, 2.45) is 5.73 Å². The molecule has 1 saturated heterocycles. The second-order valence-electron chi connectivity index (χ2n) is 1.76. The maximum absolute atomic E-state index is 5.46. The van der Waals surface area contributed by atoms with Crippen LogP contribution < -0.4 is 16.4 Å². The fourth-order valence-electron chi connectivity index (χ4n) is 0.676. The monoisotopic (exact) mass is 101 g/mol. The molecule has 0 amide bonds. The van der Waals surface area contributed by atoms with Gasteiger partial charge in [0, 0.05) is 19.6 Å². The summed E-state index contributed by atoms with van der Waals surface area (Å²) in [6.07, 6.45) is 0.175. The lowest BCUT2D eigenvalue weighted by Crippen LogP contribution is -2.53. The first-order valence-corrected chi connectivity index (χ1v) is 2.59. The average molecular weight is 101 g/mol. The second kappa shape index (κ2) is 2.26. The molecule has 1 aliphatic rings. The Labute approximate surface area is 43.3 Å². The van der Waals surface area contributed by atoms with Crippen LogP contribution >= 0.6 is 0 Å². The summed E-state index contributed by atoms with van der Waals surface area (Å²) in [6.45, 7) is 2.95. The van der Waals surface area contributed by atoms with Crippen LogP contribution in [0.1, 0.15) is 0 Å². The van der Waals surface area contributed by atoms with E-state index in [1.165, 1.54) is 0 Å². The second-order valence-corrected chi connectivity index (χ2v) is 1.76. The van der Waals surface area contributed by atoms with Crippen molar-refractivity contribution in [2.45, 2.75) is 6.17 Å². The van der Waals surface area contributed by atoms with Gasteiger partial charge in [0.25, 0.3) is 0 Å². The summed E-state index contributed by atoms with van der Waals surface area (Å²) in [7, 11) is 0. The topological polar surface area (TPSA) is 50.1 Å². The maximum Gasteiger partial charge on any atom is 0.0675 e. The minimum atomic E-state index is 0.175. The zero-order valence-corrected chi connectivity index (χ0v) is 4.28. The zero-order valence-electron chi connectivity index (χ0n) is 4.28. The Morgan fingerprint density at radius 3 is 2.57 bits per heavy atom. The average Bonchev–Trinajstić information content (AvgIpc) is 1.69. The molecule has 1 heterocycles. The van der Waals surface area contributed by atoms with Gasteiger partial charge in [-0.3, -0.25) is 5.32 Å². The van der Waals surface area contributed by atoms with Gasteiger partial charge in [-0.15, -0.1) is 0 Å². The predicted molar refractivity (Wildman–Crippen MR) is 28.8 cm³/mol. The third-order valence-electron chi connectivity index (χ3n) is 1.07. The molecule has 0 aromatic carbocycles. The fraction of sp³-hybridized carbons (Fsp3) is 1.00. The van der Waals surface area contributed by atoms with Gasteiger partial charge in [0.2, 0.25) is 0 Å². The molecule has 0 unspecified atom stereocenters. The molecule has 0 bridgehead atoms. The minimum Gasteiger partial charge on any atom is -0.315 e. The van der Waals surface area contributed by atoms with Crippen LogP contribution in [0.5, 0.6) is 0 Å². The summed E-state index contributed by atoms with van der Waals surface area (Å²) in [5, 5.41) is 6.24. The number of nitrogens with one attached hydrogen (secondary N) is 2. The van der Waals surface area contributed by atoms with Crippen molar-refractivity contribution in [3.05, 3.63) is 0 Å². The summed E-state index contributed by atoms with van der Waals surface area (Å²) in [5.41, 5.74) is 5.46. The molecule has 4 N–H and O–H groups in total. The van der Waals surface area contributed by atoms with Crippen molar-refractivity contribution in [1.29, 1.82) is 0 Å². The molecular weight excluding hydrogens is 90.1 g/mol. The molecule has 0 aliphatic carbocycles. The molecule has 42 valence electrons. The molecule has 1 rings (SSSR count). The van der Waals surface area contributed by atoms with Crippen LogP contribution in [0.15, 0.2) is 0 Å². The van der Waals surface area contributed by atoms with E-state index in [0.717, 1.165) is 19.6 Å². The van der Waals surface area contributed by atoms with E-state index in [-0.39, 0.29) is 6.17 Å². The normalized spacial score (nSPS) is 33.0. The van der Waals surface area contributed by atoms with Crippen molar-refractivity contribution < 1.29 is 0 Å². The molecular formula is C4H11N3. The van der Waals surface area contributed by atoms with Crippen LogP contribution in [-0.4, -0.2) is 25.8 Å². The van der Waals surface area contributed by atoms with Crippen molar-refractivity contribution in [3.63, 3.8) is 0 Å². The highest BCUT2D eigenvalue weighted by molar-refractivity contribution is 4.68. The number of rotatable bonds is 0. The molecule has 0 aromatic heterocycles. The summed E-state index contributed by atoms with van der Waals surface area (Å²) >= 11 is 0. The summed E-state index contributed by atoms with van der Waals surface area (Å²) in [5.74, 6) is 0. The molecule has 7 heavy (non-hydrogen) atoms. The van der Waals surface area contributed by atoms with E-state index in [1.54, 1.807) is 0 Å². The highest BCUT2D eigenvalue weighted by Crippen LogP contribution is 1.73. The number of piperazine rings is 1. The zero-order chi connectivity index (χ0) is 5.11. The lowest BCUT2D eigenvalue weighted by Gasteiger charge is -2.19. The van der Waals surface area contributed by atoms with Crippen LogP contribution in [0.3, 0.4) is 0 Å². The maximum atomic E-state index is 5.46. The van der Waals surface area contributed by atoms with Crippen LogP contribution in [0.4, 0.5) is 0 Å². The summed E-state index contributed by atoms with van der Waals surface area (Å²) < 4.78 is 0. The van der Waals surface area contributed by atoms with Gasteiger partial charge in [-0.1, -0.05) is 0 Å². The molecule has 1 aliphatic heterocycles. The van der Waals surface area contributed by atoms with Crippen molar-refractivity contribution in [2.75, 3.05) is 19.6 Å². The first-order chi connectivity index (χ1) is 3.39. The molecule has 0 spiro atoms. The Bertz CT molecular complexity index is 48.9. The Kier molecular flexibility index (Phi) is 1.62. The number of hydrogen-bond donors (Lipinski definition) is 3. The lowest BCUT2D eigenvalue weighted by molar-refractivity contribution is 0.428. The third kappa shape index (κ3) is 1.43. The van der Waals surface area contributed by atoms with E-state index >= 15 is 0 Å². The van der Waals surface area contributed by atoms with Crippen LogP contribution in [-0.2, 0) is 0 Å². The SMILES string of the molecule is N[C@H]1CNCCN1. The van der Waals surface area contributed by atoms with E-state index in [9.17, 15) is 0 Å². The first-order valence-electron chi connectivity index (χ1n) is 2.59. The predicted octanol–water partition coefficient (Wildman–Crippen LogP) is -1.54. The Morgan fingerprint density at radius 1 is 1.43 bits per heavy atom. The van der Waals surface area contributed by atoms with Gasteiger partial charge in [-0.2, -0.15) is 0 Å². The van der Waals surface area contributed by atoms with E-state index in [1.807, 2.05) is 0 Å². The van der Waals surface area contributed by atoms with E-state index in [4.69, 9.17) is 5.73 Å². The van der Waals surface area contributed by atoms with Crippen molar-refractivity contribution in [1.82, 2.24) is 10.6 Å². The molecule has 3 heteroatoms. The van der Waals surface area contributed by atoms with Gasteiger partial charge >= 0.3 is 0 Å². The van der Waals surface area contributed by atoms with Gasteiger partial charge in [0.1, 0.15) is 0 Å². The van der Waals surface area contributed by atoms with E-state index in [0.29, 0.717) is 0 Å². The van der Waals surface area contributed by atoms with E-state index in [2.05, 4.69) is 10.6 Å². The fourth-order valence-corrected chi connectivity index (χ4v) is 0.676. The quantitative estimate of drug-likeness (QED) is 0.347. The third-order valence-corrected chi connectivity index (χ3v) is 1.07. The Balaban J connectivity index is 2.12. The van der Waals surface area contributed by atoms with Gasteiger partial charge in [0.15, 0.2) is 0 Å². The number of hydrogen-bond acceptors (Lipinski definition) is 3.